The molecule has 1 unspecified atom stereocenters. The van der Waals surface area contributed by atoms with Crippen LogP contribution in [-0.2, 0) is 14.3 Å². The smallest absolute Gasteiger partial charge is 0.475 e. The molecule has 1 amide bonds. The molecule has 1 aromatic heterocycles. The Morgan fingerprint density at radius 2 is 2.07 bits per heavy atom. The highest BCUT2D eigenvalue weighted by Crippen LogP contribution is 2.46. The first-order chi connectivity index (χ1) is 13.1. The van der Waals surface area contributed by atoms with Crippen LogP contribution >= 0.6 is 11.8 Å². The normalized spacial score (nSPS) is 20.1. The van der Waals surface area contributed by atoms with Crippen LogP contribution in [0.25, 0.3) is 0 Å². The van der Waals surface area contributed by atoms with E-state index < -0.39 is 12.1 Å². The van der Waals surface area contributed by atoms with Crippen molar-refractivity contribution in [1.29, 1.82) is 0 Å². The molecule has 1 spiro atoms. The molecule has 7 nitrogen and oxygen atoms in total. The summed E-state index contributed by atoms with van der Waals surface area (Å²) in [6.07, 6.45) is -2.17. The Morgan fingerprint density at radius 1 is 1.39 bits per heavy atom. The zero-order valence-corrected chi connectivity index (χ0v) is 16.0. The summed E-state index contributed by atoms with van der Waals surface area (Å²) in [6.45, 7) is 4.30. The monoisotopic (exact) mass is 422 g/mol. The van der Waals surface area contributed by atoms with Gasteiger partial charge in [0.05, 0.1) is 4.75 Å². The second-order valence-electron chi connectivity index (χ2n) is 6.30. The number of rotatable bonds is 5. The molecule has 2 saturated heterocycles. The fourth-order valence-corrected chi connectivity index (χ4v) is 4.32. The zero-order chi connectivity index (χ0) is 20.8. The van der Waals surface area contributed by atoms with Crippen molar-refractivity contribution in [3.8, 4) is 5.88 Å². The maximum atomic E-state index is 11.8. The summed E-state index contributed by atoms with van der Waals surface area (Å²) in [7, 11) is 0. The average Bonchev–Trinajstić information content (AvgIpc) is 3.03. The molecule has 11 heteroatoms. The van der Waals surface area contributed by atoms with Crippen LogP contribution in [-0.4, -0.2) is 76.0 Å². The molecular weight excluding hydrogens is 401 g/mol. The van der Waals surface area contributed by atoms with Crippen LogP contribution in [0.4, 0.5) is 13.2 Å². The third-order valence-electron chi connectivity index (χ3n) is 4.08. The first-order valence-electron chi connectivity index (χ1n) is 8.52. The lowest BCUT2D eigenvalue weighted by Gasteiger charge is -2.47. The average molecular weight is 422 g/mol. The Balaban J connectivity index is 0.000000345. The molecule has 0 bridgehead atoms. The van der Waals surface area contributed by atoms with E-state index in [9.17, 15) is 18.0 Å². The maximum absolute atomic E-state index is 11.8. The maximum Gasteiger partial charge on any atom is 0.490 e. The molecule has 0 saturated carbocycles. The fourth-order valence-electron chi connectivity index (χ4n) is 2.79. The van der Waals surface area contributed by atoms with Crippen LogP contribution in [0, 0.1) is 0 Å². The number of carboxylic acids is 1. The van der Waals surface area contributed by atoms with Gasteiger partial charge in [0.15, 0.2) is 0 Å². The first-order valence-corrected chi connectivity index (χ1v) is 9.51. The van der Waals surface area contributed by atoms with Crippen LogP contribution in [0.1, 0.15) is 13.3 Å². The van der Waals surface area contributed by atoms with Crippen molar-refractivity contribution in [1.82, 2.24) is 9.88 Å². The van der Waals surface area contributed by atoms with E-state index >= 15 is 0 Å². The van der Waals surface area contributed by atoms with Crippen LogP contribution in [0.5, 0.6) is 5.88 Å². The van der Waals surface area contributed by atoms with Crippen LogP contribution < -0.4 is 4.74 Å². The Bertz CT molecular complexity index is 669. The summed E-state index contributed by atoms with van der Waals surface area (Å²) >= 11 is 1.92. The number of carbonyl (C=O) groups excluding carboxylic acids is 1. The topological polar surface area (TPSA) is 89.0 Å². The van der Waals surface area contributed by atoms with E-state index in [4.69, 9.17) is 19.4 Å². The lowest BCUT2D eigenvalue weighted by molar-refractivity contribution is -0.192. The Kier molecular flexibility index (Phi) is 7.53. The molecule has 2 aliphatic rings. The van der Waals surface area contributed by atoms with Gasteiger partial charge in [-0.05, 0) is 13.0 Å². The van der Waals surface area contributed by atoms with E-state index in [0.29, 0.717) is 12.5 Å². The van der Waals surface area contributed by atoms with Crippen LogP contribution in [0.2, 0.25) is 0 Å². The van der Waals surface area contributed by atoms with Crippen molar-refractivity contribution < 1.29 is 37.3 Å². The van der Waals surface area contributed by atoms with Crippen molar-refractivity contribution >= 4 is 23.6 Å². The number of carbonyl (C=O) groups is 2. The lowest BCUT2D eigenvalue weighted by Crippen LogP contribution is -2.61. The molecule has 0 radical (unpaired) electrons. The summed E-state index contributed by atoms with van der Waals surface area (Å²) in [5, 5.41) is 7.12. The minimum Gasteiger partial charge on any atom is -0.475 e. The zero-order valence-electron chi connectivity index (χ0n) is 15.1. The van der Waals surface area contributed by atoms with Gasteiger partial charge in [-0.1, -0.05) is 6.07 Å². The highest BCUT2D eigenvalue weighted by atomic mass is 32.2. The van der Waals surface area contributed by atoms with E-state index in [2.05, 4.69) is 4.98 Å². The van der Waals surface area contributed by atoms with Crippen molar-refractivity contribution in [2.45, 2.75) is 30.4 Å². The number of thioether (sulfide) groups is 1. The van der Waals surface area contributed by atoms with Gasteiger partial charge in [-0.2, -0.15) is 13.2 Å². The number of pyridine rings is 1. The number of alkyl halides is 3. The number of carboxylic acid groups (broad SMARTS) is 1. The number of halogens is 3. The third-order valence-corrected chi connectivity index (χ3v) is 5.66. The van der Waals surface area contributed by atoms with Gasteiger partial charge >= 0.3 is 12.1 Å². The molecule has 28 heavy (non-hydrogen) atoms. The molecular formula is C17H21F3N2O5S. The highest BCUT2D eigenvalue weighted by Gasteiger charge is 2.51. The van der Waals surface area contributed by atoms with E-state index in [-0.39, 0.29) is 23.4 Å². The molecule has 0 aliphatic carbocycles. The van der Waals surface area contributed by atoms with Gasteiger partial charge < -0.3 is 19.5 Å². The molecule has 3 heterocycles. The van der Waals surface area contributed by atoms with Crippen molar-refractivity contribution in [2.24, 2.45) is 0 Å². The molecule has 1 N–H and O–H groups in total. The largest absolute Gasteiger partial charge is 0.490 e. The second kappa shape index (κ2) is 9.46. The molecule has 1 atom stereocenters. The van der Waals surface area contributed by atoms with Gasteiger partial charge in [0, 0.05) is 44.1 Å². The number of amides is 1. The van der Waals surface area contributed by atoms with Crippen molar-refractivity contribution in [2.75, 3.05) is 32.1 Å². The van der Waals surface area contributed by atoms with E-state index in [1.54, 1.807) is 6.20 Å². The molecule has 0 aromatic carbocycles. The first kappa shape index (κ1) is 22.3. The fraction of sp³-hybridized carbons (Fsp3) is 0.588. The van der Waals surface area contributed by atoms with Gasteiger partial charge in [-0.3, -0.25) is 4.79 Å². The van der Waals surface area contributed by atoms with Gasteiger partial charge in [-0.15, -0.1) is 11.8 Å². The quantitative estimate of drug-likeness (QED) is 0.778. The number of nitrogens with zero attached hydrogens (tertiary/aromatic N) is 2. The summed E-state index contributed by atoms with van der Waals surface area (Å²) in [4.78, 5) is 26.8. The van der Waals surface area contributed by atoms with E-state index in [0.717, 1.165) is 25.3 Å². The summed E-state index contributed by atoms with van der Waals surface area (Å²) < 4.78 is 43.0. The Hall–Kier alpha value is -2.01. The van der Waals surface area contributed by atoms with Gasteiger partial charge in [0.1, 0.15) is 12.7 Å². The highest BCUT2D eigenvalue weighted by molar-refractivity contribution is 8.01. The number of hydrogen-bond acceptors (Lipinski definition) is 6. The SMILES string of the molecule is CCOCC(=O)N1CC2(CC(Oc3ccccn3)CS2)C1.O=C(O)C(F)(F)F. The number of aromatic nitrogens is 1. The molecule has 2 fully saturated rings. The number of likely N-dealkylation sites (tertiary alicyclic amines) is 1. The predicted molar refractivity (Wildman–Crippen MR) is 95.2 cm³/mol. The summed E-state index contributed by atoms with van der Waals surface area (Å²) in [6, 6.07) is 5.69. The summed E-state index contributed by atoms with van der Waals surface area (Å²) in [5.41, 5.74) is 0. The third kappa shape index (κ3) is 6.26. The van der Waals surface area contributed by atoms with E-state index in [1.807, 2.05) is 41.8 Å². The lowest BCUT2D eigenvalue weighted by atomic mass is 9.93. The molecule has 3 rings (SSSR count). The minimum atomic E-state index is -5.08. The molecule has 1 aromatic rings. The van der Waals surface area contributed by atoms with Crippen molar-refractivity contribution in [3.63, 3.8) is 0 Å². The van der Waals surface area contributed by atoms with Crippen LogP contribution in [0.15, 0.2) is 24.4 Å². The van der Waals surface area contributed by atoms with Crippen LogP contribution in [0.3, 0.4) is 0 Å². The van der Waals surface area contributed by atoms with E-state index in [1.165, 1.54) is 0 Å². The number of hydrogen-bond donors (Lipinski definition) is 1. The standard InChI is InChI=1S/C15H20N2O3S.C2HF3O2/c1-2-19-8-14(18)17-10-15(11-17)7-12(9-21-15)20-13-5-3-4-6-16-13;3-2(4,5)1(6)7/h3-6,12H,2,7-11H2,1H3;(H,6,7). The second-order valence-corrected chi connectivity index (χ2v) is 7.78. The summed E-state index contributed by atoms with van der Waals surface area (Å²) in [5.74, 6) is -1.02. The minimum absolute atomic E-state index is 0.0946. The Labute approximate surface area is 164 Å². The number of ether oxygens (including phenoxy) is 2. The van der Waals surface area contributed by atoms with Gasteiger partial charge in [0.2, 0.25) is 11.8 Å². The Morgan fingerprint density at radius 3 is 2.61 bits per heavy atom. The van der Waals surface area contributed by atoms with Gasteiger partial charge in [0.25, 0.3) is 0 Å². The molecule has 2 aliphatic heterocycles. The number of aliphatic carboxylic acids is 1. The predicted octanol–water partition coefficient (Wildman–Crippen LogP) is 2.22. The van der Waals surface area contributed by atoms with Crippen molar-refractivity contribution in [3.05, 3.63) is 24.4 Å². The molecule has 156 valence electrons. The van der Waals surface area contributed by atoms with Gasteiger partial charge in [-0.25, -0.2) is 9.78 Å².